The molecule has 5 N–H and O–H groups in total. The van der Waals surface area contributed by atoms with Gasteiger partial charge in [0.1, 0.15) is 6.04 Å². The predicted molar refractivity (Wildman–Crippen MR) is 113 cm³/mol. The largest absolute Gasteiger partial charge is 0.377 e. The number of hydrogen-bond acceptors (Lipinski definition) is 4. The molecule has 0 bridgehead atoms. The first-order valence-corrected chi connectivity index (χ1v) is 9.38. The van der Waals surface area contributed by atoms with Gasteiger partial charge in [-0.05, 0) is 62.7 Å². The van der Waals surface area contributed by atoms with E-state index in [0.29, 0.717) is 18.8 Å². The van der Waals surface area contributed by atoms with Crippen LogP contribution < -0.4 is 16.8 Å². The summed E-state index contributed by atoms with van der Waals surface area (Å²) in [7, 11) is 0. The summed E-state index contributed by atoms with van der Waals surface area (Å²) in [4.78, 5) is 23.9. The Bertz CT molecular complexity index is 902. The fourth-order valence-corrected chi connectivity index (χ4v) is 2.59. The van der Waals surface area contributed by atoms with E-state index in [-0.39, 0.29) is 0 Å². The van der Waals surface area contributed by atoms with Crippen LogP contribution in [0.4, 0.5) is 0 Å². The van der Waals surface area contributed by atoms with E-state index in [1.165, 1.54) is 0 Å². The molecule has 152 valence electrons. The molecule has 0 saturated carbocycles. The highest BCUT2D eigenvalue weighted by molar-refractivity contribution is 5.97. The van der Waals surface area contributed by atoms with Crippen LogP contribution in [0.3, 0.4) is 0 Å². The van der Waals surface area contributed by atoms with Crippen LogP contribution in [0.15, 0.2) is 48.5 Å². The monoisotopic (exact) mass is 393 g/mol. The molecule has 0 heterocycles. The van der Waals surface area contributed by atoms with Crippen LogP contribution in [0.25, 0.3) is 0 Å². The second kappa shape index (κ2) is 9.87. The number of hydrogen-bond donors (Lipinski definition) is 3. The summed E-state index contributed by atoms with van der Waals surface area (Å²) in [6, 6.07) is 13.7. The number of nitrogens with one attached hydrogen (secondary N) is 1. The Morgan fingerprint density at radius 1 is 1.03 bits per heavy atom. The molecule has 6 heteroatoms. The SMILES string of the molecule is CCOCc1ccc(C#Cc2ccc(C(=O)NC(C(N)=O)C(C)(C)N)cc2)cc1. The van der Waals surface area contributed by atoms with Crippen molar-refractivity contribution < 1.29 is 14.3 Å². The standard InChI is InChI=1S/C23H27N3O3/c1-4-29-15-18-9-7-16(8-10-18)5-6-17-11-13-19(14-12-17)22(28)26-20(21(24)27)23(2,3)25/h7-14,20H,4,15,25H2,1-3H3,(H2,24,27)(H,26,28). The summed E-state index contributed by atoms with van der Waals surface area (Å²) in [5, 5.41) is 2.59. The zero-order chi connectivity index (χ0) is 21.4. The van der Waals surface area contributed by atoms with Gasteiger partial charge in [0.25, 0.3) is 5.91 Å². The average Bonchev–Trinajstić information content (AvgIpc) is 2.68. The number of carbonyl (C=O) groups is 2. The van der Waals surface area contributed by atoms with E-state index >= 15 is 0 Å². The van der Waals surface area contributed by atoms with Crippen molar-refractivity contribution in [3.8, 4) is 11.8 Å². The van der Waals surface area contributed by atoms with Crippen molar-refractivity contribution in [3.05, 3.63) is 70.8 Å². The topological polar surface area (TPSA) is 107 Å². The van der Waals surface area contributed by atoms with E-state index in [1.54, 1.807) is 38.1 Å². The van der Waals surface area contributed by atoms with Crippen molar-refractivity contribution in [3.63, 3.8) is 0 Å². The number of nitrogens with two attached hydrogens (primary N) is 2. The molecular weight excluding hydrogens is 366 g/mol. The van der Waals surface area contributed by atoms with Crippen molar-refractivity contribution in [2.45, 2.75) is 39.0 Å². The maximum absolute atomic E-state index is 12.4. The molecule has 2 amide bonds. The first-order valence-electron chi connectivity index (χ1n) is 9.38. The number of amides is 2. The molecule has 0 aliphatic rings. The Morgan fingerprint density at radius 3 is 2.00 bits per heavy atom. The maximum Gasteiger partial charge on any atom is 0.251 e. The normalized spacial score (nSPS) is 11.9. The molecule has 2 aromatic rings. The van der Waals surface area contributed by atoms with Gasteiger partial charge in [0, 0.05) is 28.8 Å². The highest BCUT2D eigenvalue weighted by atomic mass is 16.5. The number of rotatable bonds is 7. The fourth-order valence-electron chi connectivity index (χ4n) is 2.59. The Hall–Kier alpha value is -3.14. The lowest BCUT2D eigenvalue weighted by molar-refractivity contribution is -0.121. The smallest absolute Gasteiger partial charge is 0.251 e. The second-order valence-electron chi connectivity index (χ2n) is 7.29. The number of benzene rings is 2. The average molecular weight is 393 g/mol. The van der Waals surface area contributed by atoms with Gasteiger partial charge in [0.15, 0.2) is 0 Å². The Morgan fingerprint density at radius 2 is 1.55 bits per heavy atom. The third kappa shape index (κ3) is 6.75. The first-order chi connectivity index (χ1) is 13.7. The lowest BCUT2D eigenvalue weighted by atomic mass is 9.95. The molecule has 1 atom stereocenters. The van der Waals surface area contributed by atoms with Gasteiger partial charge in [-0.15, -0.1) is 0 Å². The molecule has 0 saturated heterocycles. The molecule has 1 unspecified atom stereocenters. The summed E-state index contributed by atoms with van der Waals surface area (Å²) in [6.07, 6.45) is 0. The summed E-state index contributed by atoms with van der Waals surface area (Å²) >= 11 is 0. The molecule has 0 radical (unpaired) electrons. The summed E-state index contributed by atoms with van der Waals surface area (Å²) in [5.41, 5.74) is 13.4. The Kier molecular flexibility index (Phi) is 7.54. The quantitative estimate of drug-likeness (QED) is 0.625. The molecule has 0 aromatic heterocycles. The Labute approximate surface area is 171 Å². The zero-order valence-electron chi connectivity index (χ0n) is 17.0. The van der Waals surface area contributed by atoms with Crippen LogP contribution in [0.1, 0.15) is 47.8 Å². The van der Waals surface area contributed by atoms with Crippen molar-refractivity contribution in [2.24, 2.45) is 11.5 Å². The minimum absolute atomic E-state index is 0.395. The van der Waals surface area contributed by atoms with E-state index in [4.69, 9.17) is 16.2 Å². The predicted octanol–water partition coefficient (Wildman–Crippen LogP) is 1.94. The molecule has 2 aromatic carbocycles. The van der Waals surface area contributed by atoms with E-state index in [9.17, 15) is 9.59 Å². The highest BCUT2D eigenvalue weighted by Gasteiger charge is 2.31. The van der Waals surface area contributed by atoms with Crippen molar-refractivity contribution >= 4 is 11.8 Å². The van der Waals surface area contributed by atoms with Gasteiger partial charge >= 0.3 is 0 Å². The third-order valence-electron chi connectivity index (χ3n) is 4.23. The fraction of sp³-hybridized carbons (Fsp3) is 0.304. The number of primary amides is 1. The summed E-state index contributed by atoms with van der Waals surface area (Å²) in [6.45, 7) is 6.49. The van der Waals surface area contributed by atoms with Crippen LogP contribution in [-0.4, -0.2) is 30.0 Å². The first kappa shape index (κ1) is 22.2. The minimum Gasteiger partial charge on any atom is -0.377 e. The van der Waals surface area contributed by atoms with Gasteiger partial charge in [-0.3, -0.25) is 9.59 Å². The van der Waals surface area contributed by atoms with Crippen LogP contribution in [0.5, 0.6) is 0 Å². The molecule has 2 rings (SSSR count). The number of ether oxygens (including phenoxy) is 1. The molecule has 0 aliphatic heterocycles. The van der Waals surface area contributed by atoms with Crippen molar-refractivity contribution in [2.75, 3.05) is 6.61 Å². The molecular formula is C23H27N3O3. The van der Waals surface area contributed by atoms with Gasteiger partial charge in [0.05, 0.1) is 6.61 Å². The van der Waals surface area contributed by atoms with Crippen molar-refractivity contribution in [1.82, 2.24) is 5.32 Å². The van der Waals surface area contributed by atoms with Gasteiger partial charge < -0.3 is 21.5 Å². The third-order valence-corrected chi connectivity index (χ3v) is 4.23. The van der Waals surface area contributed by atoms with Gasteiger partial charge in [-0.25, -0.2) is 0 Å². The van der Waals surface area contributed by atoms with E-state index in [1.807, 2.05) is 31.2 Å². The maximum atomic E-state index is 12.4. The van der Waals surface area contributed by atoms with E-state index in [2.05, 4.69) is 17.2 Å². The zero-order valence-corrected chi connectivity index (χ0v) is 17.0. The lowest BCUT2D eigenvalue weighted by Gasteiger charge is -2.28. The lowest BCUT2D eigenvalue weighted by Crippen LogP contribution is -2.60. The van der Waals surface area contributed by atoms with Crippen LogP contribution in [0, 0.1) is 11.8 Å². The van der Waals surface area contributed by atoms with Gasteiger partial charge in [-0.2, -0.15) is 0 Å². The summed E-state index contributed by atoms with van der Waals surface area (Å²) in [5.74, 6) is 5.06. The summed E-state index contributed by atoms with van der Waals surface area (Å²) < 4.78 is 5.37. The van der Waals surface area contributed by atoms with E-state index < -0.39 is 23.4 Å². The Balaban J connectivity index is 2.04. The van der Waals surface area contributed by atoms with Gasteiger partial charge in [-0.1, -0.05) is 24.0 Å². The molecule has 6 nitrogen and oxygen atoms in total. The van der Waals surface area contributed by atoms with Crippen LogP contribution >= 0.6 is 0 Å². The van der Waals surface area contributed by atoms with Crippen molar-refractivity contribution in [1.29, 1.82) is 0 Å². The van der Waals surface area contributed by atoms with E-state index in [0.717, 1.165) is 16.7 Å². The number of carbonyl (C=O) groups excluding carboxylic acids is 2. The molecule has 0 fully saturated rings. The highest BCUT2D eigenvalue weighted by Crippen LogP contribution is 2.09. The molecule has 0 aliphatic carbocycles. The van der Waals surface area contributed by atoms with Crippen LogP contribution in [0.2, 0.25) is 0 Å². The molecule has 0 spiro atoms. The van der Waals surface area contributed by atoms with Crippen LogP contribution in [-0.2, 0) is 16.1 Å². The minimum atomic E-state index is -0.972. The molecule has 29 heavy (non-hydrogen) atoms. The second-order valence-corrected chi connectivity index (χ2v) is 7.29. The van der Waals surface area contributed by atoms with Gasteiger partial charge in [0.2, 0.25) is 5.91 Å².